The van der Waals surface area contributed by atoms with E-state index < -0.39 is 6.04 Å². The molecule has 0 aliphatic heterocycles. The summed E-state index contributed by atoms with van der Waals surface area (Å²) < 4.78 is 11.7. The van der Waals surface area contributed by atoms with Crippen molar-refractivity contribution >= 4 is 38.6 Å². The van der Waals surface area contributed by atoms with Crippen molar-refractivity contribution in [3.8, 4) is 17.2 Å². The molecule has 2 unspecified atom stereocenters. The summed E-state index contributed by atoms with van der Waals surface area (Å²) in [6.07, 6.45) is 5.93. The first-order valence-corrected chi connectivity index (χ1v) is 16.4. The van der Waals surface area contributed by atoms with E-state index >= 15 is 0 Å². The van der Waals surface area contributed by atoms with Gasteiger partial charge in [0, 0.05) is 12.8 Å². The number of ketones is 2. The van der Waals surface area contributed by atoms with Gasteiger partial charge in [-0.3, -0.25) is 9.59 Å². The minimum absolute atomic E-state index is 0. The number of para-hydroxylation sites is 1. The van der Waals surface area contributed by atoms with Gasteiger partial charge in [-0.2, -0.15) is 27.0 Å². The van der Waals surface area contributed by atoms with Crippen LogP contribution >= 0.6 is 27.0 Å². The molecule has 11 heteroatoms. The first-order valence-electron chi connectivity index (χ1n) is 16.4. The van der Waals surface area contributed by atoms with Crippen molar-refractivity contribution in [3.63, 3.8) is 0 Å². The highest BCUT2D eigenvalue weighted by atomic mass is 32.1. The summed E-state index contributed by atoms with van der Waals surface area (Å²) in [5, 5.41) is 9.54. The Kier molecular flexibility index (Phi) is 25.6. The number of benzene rings is 2. The van der Waals surface area contributed by atoms with Crippen molar-refractivity contribution in [2.45, 2.75) is 105 Å². The second-order valence-corrected chi connectivity index (χ2v) is 12.6. The molecule has 0 aliphatic rings. The lowest BCUT2D eigenvalue weighted by Crippen LogP contribution is -2.32. The Morgan fingerprint density at radius 1 is 0.681 bits per heavy atom. The van der Waals surface area contributed by atoms with E-state index in [0.29, 0.717) is 45.6 Å². The van der Waals surface area contributed by atoms with Gasteiger partial charge in [-0.25, -0.2) is 0 Å². The summed E-state index contributed by atoms with van der Waals surface area (Å²) >= 11 is 0. The van der Waals surface area contributed by atoms with E-state index in [1.165, 1.54) is 0 Å². The van der Waals surface area contributed by atoms with Crippen LogP contribution < -0.4 is 32.4 Å². The molecule has 270 valence electrons. The first-order chi connectivity index (χ1) is 21.3. The zero-order chi connectivity index (χ0) is 33.9. The lowest BCUT2D eigenvalue weighted by molar-refractivity contribution is -0.122. The molecule has 9 nitrogen and oxygen atoms in total. The van der Waals surface area contributed by atoms with Crippen molar-refractivity contribution in [2.75, 3.05) is 26.3 Å². The van der Waals surface area contributed by atoms with Crippen LogP contribution in [0, 0.1) is 39.5 Å². The summed E-state index contributed by atoms with van der Waals surface area (Å²) in [7, 11) is 0. The average Bonchev–Trinajstić information content (AvgIpc) is 2.96. The Bertz CT molecular complexity index is 1140. The number of ether oxygens (including phenoxy) is 2. The third-order valence-electron chi connectivity index (χ3n) is 7.74. The Morgan fingerprint density at radius 2 is 1.04 bits per heavy atom. The lowest BCUT2D eigenvalue weighted by atomic mass is 9.98. The van der Waals surface area contributed by atoms with Crippen LogP contribution in [0.1, 0.15) is 87.5 Å². The molecule has 4 atom stereocenters. The van der Waals surface area contributed by atoms with Gasteiger partial charge >= 0.3 is 0 Å². The molecule has 0 fully saturated rings. The van der Waals surface area contributed by atoms with E-state index in [1.54, 1.807) is 12.1 Å². The number of aryl methyl sites for hydroxylation is 4. The molecule has 0 saturated heterocycles. The predicted molar refractivity (Wildman–Crippen MR) is 205 cm³/mol. The fraction of sp³-hybridized carbons (Fsp3) is 0.611. The van der Waals surface area contributed by atoms with E-state index in [0.717, 1.165) is 65.9 Å². The second-order valence-electron chi connectivity index (χ2n) is 12.6. The van der Waals surface area contributed by atoms with Crippen LogP contribution in [-0.2, 0) is 9.59 Å². The minimum atomic E-state index is -0.402. The number of hydrogen-bond donors (Lipinski definition) is 5. The van der Waals surface area contributed by atoms with Crippen molar-refractivity contribution in [1.82, 2.24) is 0 Å². The number of aromatic hydroxyl groups is 1. The number of carbonyl (C=O) groups is 2. The summed E-state index contributed by atoms with van der Waals surface area (Å²) in [5.74, 6) is 2.39. The molecule has 0 aliphatic carbocycles. The topological polar surface area (TPSA) is 177 Å². The normalized spacial score (nSPS) is 13.1. The summed E-state index contributed by atoms with van der Waals surface area (Å²) in [4.78, 5) is 24.2. The van der Waals surface area contributed by atoms with E-state index in [2.05, 4.69) is 0 Å². The van der Waals surface area contributed by atoms with Crippen molar-refractivity contribution < 1.29 is 24.2 Å². The van der Waals surface area contributed by atoms with Gasteiger partial charge in [0.05, 0.1) is 25.3 Å². The predicted octanol–water partition coefficient (Wildman–Crippen LogP) is 5.40. The van der Waals surface area contributed by atoms with Gasteiger partial charge in [0.25, 0.3) is 0 Å². The van der Waals surface area contributed by atoms with E-state index in [9.17, 15) is 14.7 Å². The maximum absolute atomic E-state index is 12.1. The quantitative estimate of drug-likeness (QED) is 0.114. The Labute approximate surface area is 297 Å². The van der Waals surface area contributed by atoms with Gasteiger partial charge in [0.1, 0.15) is 28.8 Å². The fourth-order valence-electron chi connectivity index (χ4n) is 5.08. The minimum Gasteiger partial charge on any atom is -0.508 e. The summed E-state index contributed by atoms with van der Waals surface area (Å²) in [5.41, 5.74) is 26.8. The number of carbonyl (C=O) groups excluding carboxylic acids is 2. The zero-order valence-electron chi connectivity index (χ0n) is 29.6. The zero-order valence-corrected chi connectivity index (χ0v) is 31.6. The summed E-state index contributed by atoms with van der Waals surface area (Å²) in [6.45, 7) is 14.1. The molecule has 47 heavy (non-hydrogen) atoms. The average molecular weight is 697 g/mol. The highest BCUT2D eigenvalue weighted by Gasteiger charge is 2.19. The van der Waals surface area contributed by atoms with Crippen LogP contribution in [-0.4, -0.2) is 55.1 Å². The molecule has 2 aromatic rings. The standard InChI is InChI=1S/C18H30N2O3.C18H30N2O2.2H2S/c1-12(8-17(22)16(20)6-4-5-7-19)11-23-18-13(2)9-15(21)10-14(18)3;1-13(11-17(21)16(20)9-4-5-10-19)12-22-18-14(2)7-6-8-15(18)3;;/h9-10,12,16,21H,4-8,11,19-20H2,1-3H3;6-8,13,16H,4-5,9-12,19-20H2,1-3H3;2*1H2/t12?,16-;13?,16-;;/m00../s1. The third kappa shape index (κ3) is 18.7. The number of hydrogen-bond acceptors (Lipinski definition) is 9. The van der Waals surface area contributed by atoms with Crippen LogP contribution in [0.3, 0.4) is 0 Å². The monoisotopic (exact) mass is 696 g/mol. The largest absolute Gasteiger partial charge is 0.508 e. The molecule has 9 N–H and O–H groups in total. The molecule has 0 amide bonds. The maximum atomic E-state index is 12.1. The van der Waals surface area contributed by atoms with E-state index in [-0.39, 0.29) is 62.2 Å². The van der Waals surface area contributed by atoms with Crippen LogP contribution in [0.5, 0.6) is 17.2 Å². The van der Waals surface area contributed by atoms with Crippen LogP contribution in [0.15, 0.2) is 30.3 Å². The number of phenols is 1. The van der Waals surface area contributed by atoms with Crippen LogP contribution in [0.2, 0.25) is 0 Å². The van der Waals surface area contributed by atoms with Gasteiger partial charge in [-0.05, 0) is 113 Å². The second kappa shape index (κ2) is 25.7. The number of Topliss-reactive ketones (excluding diaryl/α,β-unsaturated/α-hetero) is 2. The van der Waals surface area contributed by atoms with Crippen LogP contribution in [0.25, 0.3) is 0 Å². The molecule has 0 saturated carbocycles. The molecule has 0 radical (unpaired) electrons. The number of rotatable bonds is 20. The summed E-state index contributed by atoms with van der Waals surface area (Å²) in [6, 6.07) is 8.66. The van der Waals surface area contributed by atoms with Gasteiger partial charge in [0.15, 0.2) is 0 Å². The first kappa shape index (κ1) is 46.8. The lowest BCUT2D eigenvalue weighted by Gasteiger charge is -2.18. The fourth-order valence-corrected chi connectivity index (χ4v) is 5.08. The third-order valence-corrected chi connectivity index (χ3v) is 7.74. The van der Waals surface area contributed by atoms with E-state index in [4.69, 9.17) is 32.4 Å². The molecule has 0 heterocycles. The van der Waals surface area contributed by atoms with Crippen molar-refractivity contribution in [1.29, 1.82) is 0 Å². The van der Waals surface area contributed by atoms with Crippen molar-refractivity contribution in [3.05, 3.63) is 52.6 Å². The Balaban J connectivity index is 0. The molecule has 0 spiro atoms. The molecule has 2 rings (SSSR count). The van der Waals surface area contributed by atoms with Gasteiger partial charge in [-0.15, -0.1) is 0 Å². The highest BCUT2D eigenvalue weighted by Crippen LogP contribution is 2.28. The van der Waals surface area contributed by atoms with Crippen molar-refractivity contribution in [2.24, 2.45) is 34.8 Å². The molecular formula is C36H64N4O5S2. The number of unbranched alkanes of at least 4 members (excludes halogenated alkanes) is 2. The van der Waals surface area contributed by atoms with Gasteiger partial charge in [0.2, 0.25) is 0 Å². The maximum Gasteiger partial charge on any atom is 0.149 e. The SMILES string of the molecule is Cc1cc(O)cc(C)c1OCC(C)CC(=O)[C@@H](N)CCCCN.Cc1cccc(C)c1OCC(C)CC(=O)[C@@H](N)CCCCN.S.S. The van der Waals surface area contributed by atoms with Gasteiger partial charge in [-0.1, -0.05) is 44.9 Å². The number of phenolic OH excluding ortho intramolecular Hbond substituents is 1. The molecule has 0 bridgehead atoms. The molecule has 0 aromatic heterocycles. The smallest absolute Gasteiger partial charge is 0.149 e. The Hall–Kier alpha value is -2.28. The van der Waals surface area contributed by atoms with Crippen LogP contribution in [0.4, 0.5) is 0 Å². The number of nitrogens with two attached hydrogens (primary N) is 4. The van der Waals surface area contributed by atoms with Gasteiger partial charge < -0.3 is 37.5 Å². The molecule has 2 aromatic carbocycles. The molecular weight excluding hydrogens is 633 g/mol. The highest BCUT2D eigenvalue weighted by molar-refractivity contribution is 7.59. The van der Waals surface area contributed by atoms with E-state index in [1.807, 2.05) is 59.7 Å². The Morgan fingerprint density at radius 3 is 1.40 bits per heavy atom.